The normalized spacial score (nSPS) is 29.3. The van der Waals surface area contributed by atoms with Gasteiger partial charge in [-0.1, -0.05) is 44.9 Å². The summed E-state index contributed by atoms with van der Waals surface area (Å²) in [6, 6.07) is 0. The summed E-state index contributed by atoms with van der Waals surface area (Å²) >= 11 is 5.93. The molecule has 11 nitrogen and oxygen atoms in total. The molecule has 0 spiro atoms. The van der Waals surface area contributed by atoms with E-state index >= 15 is 4.39 Å². The number of ether oxygens (including phenoxy) is 3. The molecule has 0 amide bonds. The zero-order valence-corrected chi connectivity index (χ0v) is 23.4. The largest absolute Gasteiger partial charge is 0.479 e. The highest BCUT2D eigenvalue weighted by molar-refractivity contribution is 6.28. The van der Waals surface area contributed by atoms with Crippen LogP contribution in [0.1, 0.15) is 76.9 Å². The first-order chi connectivity index (χ1) is 19.2. The number of alkyl halides is 1. The van der Waals surface area contributed by atoms with E-state index in [1.165, 1.54) is 43.0 Å². The molecule has 2 aromatic rings. The maximum Gasteiger partial charge on any atom is 0.350 e. The molecule has 3 fully saturated rings. The summed E-state index contributed by atoms with van der Waals surface area (Å²) in [6.45, 7) is -0.305. The van der Waals surface area contributed by atoms with Crippen LogP contribution in [0.3, 0.4) is 0 Å². The molecule has 1 unspecified atom stereocenters. The number of hydrogen-bond acceptors (Lipinski definition) is 9. The van der Waals surface area contributed by atoms with Crippen LogP contribution in [0.15, 0.2) is 6.33 Å². The van der Waals surface area contributed by atoms with Crippen molar-refractivity contribution in [1.29, 1.82) is 0 Å². The second-order valence-electron chi connectivity index (χ2n) is 11.4. The van der Waals surface area contributed by atoms with Gasteiger partial charge >= 0.3 is 11.9 Å². The molecule has 2 aromatic heterocycles. The molecule has 220 valence electrons. The zero-order chi connectivity index (χ0) is 28.4. The van der Waals surface area contributed by atoms with Crippen LogP contribution < -0.4 is 5.73 Å². The van der Waals surface area contributed by atoms with Crippen molar-refractivity contribution in [1.82, 2.24) is 19.5 Å². The number of fused-ring (bicyclic) bond motifs is 1. The summed E-state index contributed by atoms with van der Waals surface area (Å²) in [7, 11) is 1.14. The Balaban J connectivity index is 1.25. The van der Waals surface area contributed by atoms with Crippen LogP contribution in [0.25, 0.3) is 11.2 Å². The molecule has 1 saturated heterocycles. The number of anilines is 1. The molecule has 3 N–H and O–H groups in total. The molecule has 0 aromatic carbocycles. The van der Waals surface area contributed by atoms with Crippen LogP contribution in [0, 0.1) is 17.8 Å². The highest BCUT2D eigenvalue weighted by atomic mass is 35.5. The molecule has 3 aliphatic rings. The summed E-state index contributed by atoms with van der Waals surface area (Å²) < 4.78 is 33.2. The van der Waals surface area contributed by atoms with Crippen molar-refractivity contribution in [2.75, 3.05) is 19.5 Å². The fourth-order valence-electron chi connectivity index (χ4n) is 6.86. The Bertz CT molecular complexity index is 1220. The van der Waals surface area contributed by atoms with Crippen molar-refractivity contribution < 1.29 is 33.3 Å². The molecule has 4 atom stereocenters. The molecule has 0 bridgehead atoms. The molecule has 0 radical (unpaired) electrons. The smallest absolute Gasteiger partial charge is 0.350 e. The number of nitrogens with two attached hydrogens (primary N) is 1. The molecule has 1 aliphatic heterocycles. The van der Waals surface area contributed by atoms with Crippen LogP contribution in [0.4, 0.5) is 10.2 Å². The molecule has 3 heterocycles. The van der Waals surface area contributed by atoms with Crippen molar-refractivity contribution >= 4 is 40.5 Å². The van der Waals surface area contributed by atoms with Crippen molar-refractivity contribution in [3.63, 3.8) is 0 Å². The Morgan fingerprint density at radius 1 is 1.18 bits per heavy atom. The molecular weight excluding hydrogens is 545 g/mol. The third-order valence-electron chi connectivity index (χ3n) is 8.98. The van der Waals surface area contributed by atoms with Gasteiger partial charge in [-0.25, -0.2) is 19.0 Å². The number of hydrogen-bond donors (Lipinski definition) is 2. The fraction of sp³-hybridized carbons (Fsp3) is 0.741. The highest BCUT2D eigenvalue weighted by Crippen LogP contribution is 2.43. The quantitative estimate of drug-likeness (QED) is 0.246. The van der Waals surface area contributed by atoms with Gasteiger partial charge in [-0.15, -0.1) is 0 Å². The van der Waals surface area contributed by atoms with Crippen LogP contribution in [0.2, 0.25) is 5.28 Å². The van der Waals surface area contributed by atoms with Crippen LogP contribution in [-0.2, 0) is 23.8 Å². The van der Waals surface area contributed by atoms with Crippen molar-refractivity contribution in [2.45, 2.75) is 94.7 Å². The first-order valence-electron chi connectivity index (χ1n) is 14.1. The fourth-order valence-corrected chi connectivity index (χ4v) is 7.03. The number of carboxylic acids is 1. The van der Waals surface area contributed by atoms with Gasteiger partial charge in [0.15, 0.2) is 17.7 Å². The number of aliphatic carboxylic acids is 1. The minimum atomic E-state index is -2.19. The number of nitrogen functional groups attached to an aromatic ring is 1. The number of esters is 1. The molecule has 13 heteroatoms. The lowest BCUT2D eigenvalue weighted by molar-refractivity contribution is -0.194. The zero-order valence-electron chi connectivity index (χ0n) is 22.6. The number of methoxy groups -OCH3 is 1. The summed E-state index contributed by atoms with van der Waals surface area (Å²) in [5.74, 6) is -0.906. The lowest BCUT2D eigenvalue weighted by atomic mass is 9.69. The Kier molecular flexibility index (Phi) is 8.77. The topological polar surface area (TPSA) is 152 Å². The molecule has 5 rings (SSSR count). The Morgan fingerprint density at radius 3 is 2.55 bits per heavy atom. The predicted molar refractivity (Wildman–Crippen MR) is 143 cm³/mol. The monoisotopic (exact) mass is 581 g/mol. The number of nitrogens with zero attached hydrogens (tertiary/aromatic N) is 4. The van der Waals surface area contributed by atoms with Gasteiger partial charge in [0, 0.05) is 12.8 Å². The van der Waals surface area contributed by atoms with E-state index in [4.69, 9.17) is 31.5 Å². The van der Waals surface area contributed by atoms with Gasteiger partial charge in [-0.2, -0.15) is 9.97 Å². The van der Waals surface area contributed by atoms with Crippen molar-refractivity contribution in [2.24, 2.45) is 17.8 Å². The van der Waals surface area contributed by atoms with E-state index in [1.807, 2.05) is 0 Å². The first kappa shape index (κ1) is 28.9. The second-order valence-corrected chi connectivity index (χ2v) is 11.8. The van der Waals surface area contributed by atoms with Crippen LogP contribution in [0.5, 0.6) is 0 Å². The van der Waals surface area contributed by atoms with E-state index in [1.54, 1.807) is 0 Å². The number of imidazole rings is 1. The average molecular weight is 582 g/mol. The van der Waals surface area contributed by atoms with E-state index < -0.39 is 36.0 Å². The third-order valence-corrected chi connectivity index (χ3v) is 9.15. The summed E-state index contributed by atoms with van der Waals surface area (Å²) in [6.07, 6.45) is 8.03. The number of carboxylic acid groups (broad SMARTS) is 1. The van der Waals surface area contributed by atoms with Gasteiger partial charge in [0.1, 0.15) is 11.7 Å². The first-order valence-corrected chi connectivity index (χ1v) is 14.5. The van der Waals surface area contributed by atoms with Gasteiger partial charge in [-0.3, -0.25) is 4.57 Å². The van der Waals surface area contributed by atoms with E-state index in [9.17, 15) is 14.7 Å². The lowest BCUT2D eigenvalue weighted by Gasteiger charge is -2.38. The van der Waals surface area contributed by atoms with Gasteiger partial charge in [0.2, 0.25) is 5.28 Å². The van der Waals surface area contributed by atoms with Crippen LogP contribution in [-0.4, -0.2) is 68.2 Å². The lowest BCUT2D eigenvalue weighted by Crippen LogP contribution is -2.52. The summed E-state index contributed by atoms with van der Waals surface area (Å²) in [4.78, 5) is 37.5. The van der Waals surface area contributed by atoms with E-state index in [0.717, 1.165) is 38.7 Å². The predicted octanol–water partition coefficient (Wildman–Crippen LogP) is 4.48. The number of carbonyl (C=O) groups is 2. The number of aromatic nitrogens is 4. The number of carbonyl (C=O) groups excluding carboxylic acids is 1. The number of halogens is 2. The van der Waals surface area contributed by atoms with E-state index in [0.29, 0.717) is 5.92 Å². The van der Waals surface area contributed by atoms with Gasteiger partial charge < -0.3 is 25.1 Å². The molecule has 40 heavy (non-hydrogen) atoms. The number of rotatable bonds is 9. The van der Waals surface area contributed by atoms with Gasteiger partial charge in [0.05, 0.1) is 26.1 Å². The van der Waals surface area contributed by atoms with Gasteiger partial charge in [-0.05, 0) is 42.2 Å². The Morgan fingerprint density at radius 2 is 1.88 bits per heavy atom. The standard InChI is InChI=1S/C27H37ClFN5O6/c1-38-25(37)27(24(35)36,12-15-7-9-17(10-8-15)16-5-3-2-4-6-16)39-13-18-11-19(29)23(40-18)34-14-31-20-21(30)32-26(28)33-22(20)34/h14-19,23H,2-13H2,1H3,(H,35,36)(H2,30,32,33)/t15?,17?,18-,19-,23+,27?/m0/s1. The van der Waals surface area contributed by atoms with E-state index in [2.05, 4.69) is 15.0 Å². The second kappa shape index (κ2) is 12.1. The molecule has 2 aliphatic carbocycles. The minimum Gasteiger partial charge on any atom is -0.479 e. The Hall–Kier alpha value is -2.57. The minimum absolute atomic E-state index is 0.00243. The maximum atomic E-state index is 15.2. The van der Waals surface area contributed by atoms with Gasteiger partial charge in [0.25, 0.3) is 5.60 Å². The Labute approximate surface area is 236 Å². The van der Waals surface area contributed by atoms with Crippen molar-refractivity contribution in [3.8, 4) is 0 Å². The highest BCUT2D eigenvalue weighted by Gasteiger charge is 2.52. The molecule has 2 saturated carbocycles. The van der Waals surface area contributed by atoms with Crippen molar-refractivity contribution in [3.05, 3.63) is 11.6 Å². The molecular formula is C27H37ClFN5O6. The third kappa shape index (κ3) is 5.75. The summed E-state index contributed by atoms with van der Waals surface area (Å²) in [5.41, 5.74) is 4.13. The SMILES string of the molecule is COC(=O)C(CC1CCC(C2CCCCC2)CC1)(OC[C@@H]1C[C@H](F)[C@H](n2cnc3c(N)nc(Cl)nc32)O1)C(=O)O. The summed E-state index contributed by atoms with van der Waals surface area (Å²) in [5, 5.41) is 10.1. The van der Waals surface area contributed by atoms with E-state index in [-0.39, 0.29) is 47.6 Å². The average Bonchev–Trinajstić information content (AvgIpc) is 3.54. The van der Waals surface area contributed by atoms with Crippen LogP contribution >= 0.6 is 11.6 Å². The maximum absolute atomic E-state index is 15.2.